The molecular formula is C18H22O. The van der Waals surface area contributed by atoms with Crippen LogP contribution in [-0.2, 0) is 0 Å². The predicted octanol–water partition coefficient (Wildman–Crippen LogP) is 5.07. The van der Waals surface area contributed by atoms with E-state index in [1.807, 2.05) is 0 Å². The van der Waals surface area contributed by atoms with Gasteiger partial charge >= 0.3 is 0 Å². The Morgan fingerprint density at radius 2 is 1.32 bits per heavy atom. The van der Waals surface area contributed by atoms with E-state index in [0.29, 0.717) is 0 Å². The molecule has 100 valence electrons. The zero-order chi connectivity index (χ0) is 14.0. The lowest BCUT2D eigenvalue weighted by Crippen LogP contribution is -2.08. The van der Waals surface area contributed by atoms with E-state index in [0.717, 1.165) is 5.75 Å². The molecule has 0 N–H and O–H groups in total. The molecule has 1 heteroatoms. The molecule has 19 heavy (non-hydrogen) atoms. The molecule has 0 fully saturated rings. The summed E-state index contributed by atoms with van der Waals surface area (Å²) in [6.07, 6.45) is 0.184. The maximum Gasteiger partial charge on any atom is 0.130 e. The van der Waals surface area contributed by atoms with Crippen LogP contribution >= 0.6 is 0 Å². The molecule has 0 aliphatic heterocycles. The van der Waals surface area contributed by atoms with Crippen LogP contribution in [0.1, 0.15) is 30.5 Å². The number of benzene rings is 2. The fourth-order valence-electron chi connectivity index (χ4n) is 2.48. The third kappa shape index (κ3) is 2.81. The van der Waals surface area contributed by atoms with Crippen LogP contribution in [0.3, 0.4) is 0 Å². The van der Waals surface area contributed by atoms with Crippen LogP contribution in [0.15, 0.2) is 36.4 Å². The topological polar surface area (TPSA) is 9.23 Å². The number of hydrogen-bond acceptors (Lipinski definition) is 1. The van der Waals surface area contributed by atoms with Crippen molar-refractivity contribution in [1.82, 2.24) is 0 Å². The Labute approximate surface area is 116 Å². The summed E-state index contributed by atoms with van der Waals surface area (Å²) in [6.45, 7) is 10.6. The highest BCUT2D eigenvalue weighted by atomic mass is 16.5. The number of rotatable bonds is 3. The van der Waals surface area contributed by atoms with Crippen LogP contribution in [0, 0.1) is 20.8 Å². The van der Waals surface area contributed by atoms with Crippen molar-refractivity contribution in [2.75, 3.05) is 0 Å². The van der Waals surface area contributed by atoms with Gasteiger partial charge in [-0.3, -0.25) is 0 Å². The molecule has 1 nitrogen and oxygen atoms in total. The van der Waals surface area contributed by atoms with E-state index in [1.165, 1.54) is 27.8 Å². The van der Waals surface area contributed by atoms with Crippen molar-refractivity contribution in [1.29, 1.82) is 0 Å². The average molecular weight is 254 g/mol. The monoisotopic (exact) mass is 254 g/mol. The first-order valence-corrected chi connectivity index (χ1v) is 6.83. The molecule has 2 aromatic carbocycles. The van der Waals surface area contributed by atoms with Crippen molar-refractivity contribution in [3.63, 3.8) is 0 Å². The van der Waals surface area contributed by atoms with Crippen LogP contribution in [0.5, 0.6) is 5.75 Å². The molecule has 0 spiro atoms. The van der Waals surface area contributed by atoms with Crippen molar-refractivity contribution >= 4 is 0 Å². The van der Waals surface area contributed by atoms with Crippen LogP contribution < -0.4 is 4.74 Å². The van der Waals surface area contributed by atoms with E-state index < -0.39 is 0 Å². The van der Waals surface area contributed by atoms with Gasteiger partial charge in [0.2, 0.25) is 0 Å². The van der Waals surface area contributed by atoms with Crippen molar-refractivity contribution in [2.24, 2.45) is 0 Å². The first kappa shape index (κ1) is 13.7. The molecule has 0 aliphatic rings. The SMILES string of the molecule is Cc1cccc(-c2c(C)cccc2C)c1OC(C)C. The molecular weight excluding hydrogens is 232 g/mol. The zero-order valence-corrected chi connectivity index (χ0v) is 12.4. The van der Waals surface area contributed by atoms with E-state index >= 15 is 0 Å². The Morgan fingerprint density at radius 3 is 1.89 bits per heavy atom. The molecule has 2 rings (SSSR count). The second-order valence-corrected chi connectivity index (χ2v) is 5.39. The van der Waals surface area contributed by atoms with Gasteiger partial charge in [-0.25, -0.2) is 0 Å². The molecule has 0 unspecified atom stereocenters. The molecule has 0 saturated heterocycles. The Hall–Kier alpha value is -1.76. The second kappa shape index (κ2) is 5.48. The Kier molecular flexibility index (Phi) is 3.94. The van der Waals surface area contributed by atoms with Crippen molar-refractivity contribution in [2.45, 2.75) is 40.7 Å². The van der Waals surface area contributed by atoms with Gasteiger partial charge in [-0.1, -0.05) is 36.4 Å². The molecule has 0 atom stereocenters. The summed E-state index contributed by atoms with van der Waals surface area (Å²) >= 11 is 0. The minimum Gasteiger partial charge on any atom is -0.490 e. The summed E-state index contributed by atoms with van der Waals surface area (Å²) < 4.78 is 6.04. The highest BCUT2D eigenvalue weighted by Crippen LogP contribution is 2.37. The second-order valence-electron chi connectivity index (χ2n) is 5.39. The number of ether oxygens (including phenoxy) is 1. The first-order chi connectivity index (χ1) is 9.00. The minimum atomic E-state index is 0.184. The normalized spacial score (nSPS) is 10.8. The van der Waals surface area contributed by atoms with E-state index in [1.54, 1.807) is 0 Å². The molecule has 0 radical (unpaired) electrons. The van der Waals surface area contributed by atoms with Crippen LogP contribution in [0.2, 0.25) is 0 Å². The number of para-hydroxylation sites is 1. The van der Waals surface area contributed by atoms with Crippen molar-refractivity contribution in [3.8, 4) is 16.9 Å². The molecule has 0 bridgehead atoms. The summed E-state index contributed by atoms with van der Waals surface area (Å²) in [5, 5.41) is 0. The quantitative estimate of drug-likeness (QED) is 0.743. The van der Waals surface area contributed by atoms with Gasteiger partial charge in [-0.05, 0) is 56.9 Å². The maximum absolute atomic E-state index is 6.04. The van der Waals surface area contributed by atoms with Gasteiger partial charge in [0.05, 0.1) is 6.10 Å². The molecule has 0 heterocycles. The lowest BCUT2D eigenvalue weighted by molar-refractivity contribution is 0.242. The van der Waals surface area contributed by atoms with Crippen LogP contribution in [0.4, 0.5) is 0 Å². The van der Waals surface area contributed by atoms with Gasteiger partial charge in [0, 0.05) is 5.56 Å². The van der Waals surface area contributed by atoms with Crippen molar-refractivity contribution in [3.05, 3.63) is 53.1 Å². The number of aryl methyl sites for hydroxylation is 3. The standard InChI is InChI=1S/C18H22O/c1-12(2)19-18-15(5)10-7-11-16(18)17-13(3)8-6-9-14(17)4/h6-12H,1-5H3. The van der Waals surface area contributed by atoms with E-state index in [4.69, 9.17) is 4.74 Å². The molecule has 2 aromatic rings. The van der Waals surface area contributed by atoms with Gasteiger partial charge in [0.1, 0.15) is 5.75 Å². The molecule has 0 aliphatic carbocycles. The summed E-state index contributed by atoms with van der Waals surface area (Å²) in [6, 6.07) is 12.8. The largest absolute Gasteiger partial charge is 0.490 e. The highest BCUT2D eigenvalue weighted by molar-refractivity contribution is 5.77. The third-order valence-electron chi connectivity index (χ3n) is 3.32. The van der Waals surface area contributed by atoms with E-state index in [9.17, 15) is 0 Å². The summed E-state index contributed by atoms with van der Waals surface area (Å²) in [5.41, 5.74) is 6.26. The van der Waals surface area contributed by atoms with E-state index in [-0.39, 0.29) is 6.10 Å². The minimum absolute atomic E-state index is 0.184. The maximum atomic E-state index is 6.04. The summed E-state index contributed by atoms with van der Waals surface area (Å²) in [4.78, 5) is 0. The average Bonchev–Trinajstić information content (AvgIpc) is 2.32. The lowest BCUT2D eigenvalue weighted by atomic mass is 9.94. The summed E-state index contributed by atoms with van der Waals surface area (Å²) in [5.74, 6) is 1.01. The van der Waals surface area contributed by atoms with Gasteiger partial charge in [0.15, 0.2) is 0 Å². The fourth-order valence-corrected chi connectivity index (χ4v) is 2.48. The van der Waals surface area contributed by atoms with Gasteiger partial charge in [-0.15, -0.1) is 0 Å². The Bertz CT molecular complexity index is 562. The van der Waals surface area contributed by atoms with Gasteiger partial charge in [-0.2, -0.15) is 0 Å². The van der Waals surface area contributed by atoms with Crippen LogP contribution in [-0.4, -0.2) is 6.10 Å². The molecule has 0 aromatic heterocycles. The molecule has 0 saturated carbocycles. The van der Waals surface area contributed by atoms with Gasteiger partial charge in [0.25, 0.3) is 0 Å². The highest BCUT2D eigenvalue weighted by Gasteiger charge is 2.14. The summed E-state index contributed by atoms with van der Waals surface area (Å²) in [7, 11) is 0. The Balaban J connectivity index is 2.65. The smallest absolute Gasteiger partial charge is 0.130 e. The van der Waals surface area contributed by atoms with Crippen molar-refractivity contribution < 1.29 is 4.74 Å². The van der Waals surface area contributed by atoms with E-state index in [2.05, 4.69) is 71.0 Å². The Morgan fingerprint density at radius 1 is 0.789 bits per heavy atom. The molecule has 0 amide bonds. The number of hydrogen-bond donors (Lipinski definition) is 0. The van der Waals surface area contributed by atoms with Crippen LogP contribution in [0.25, 0.3) is 11.1 Å². The fraction of sp³-hybridized carbons (Fsp3) is 0.333. The predicted molar refractivity (Wildman–Crippen MR) is 81.9 cm³/mol. The van der Waals surface area contributed by atoms with Gasteiger partial charge < -0.3 is 4.74 Å². The lowest BCUT2D eigenvalue weighted by Gasteiger charge is -2.19. The zero-order valence-electron chi connectivity index (χ0n) is 12.4. The first-order valence-electron chi connectivity index (χ1n) is 6.83. The third-order valence-corrected chi connectivity index (χ3v) is 3.32.